The third kappa shape index (κ3) is 2.38. The number of rotatable bonds is 2. The van der Waals surface area contributed by atoms with Crippen LogP contribution >= 0.6 is 11.3 Å². The van der Waals surface area contributed by atoms with Gasteiger partial charge < -0.3 is 9.47 Å². The minimum atomic E-state index is 0.601. The number of aromatic nitrogens is 1. The first kappa shape index (κ1) is 12.4. The Labute approximate surface area is 126 Å². The van der Waals surface area contributed by atoms with Gasteiger partial charge in [0.1, 0.15) is 18.2 Å². The van der Waals surface area contributed by atoms with Gasteiger partial charge in [-0.15, -0.1) is 11.3 Å². The number of thiazole rings is 1. The summed E-state index contributed by atoms with van der Waals surface area (Å²) in [5.74, 6) is 1.61. The average molecular weight is 295 g/mol. The Morgan fingerprint density at radius 3 is 2.52 bits per heavy atom. The molecule has 0 spiro atoms. The number of ether oxygens (including phenoxy) is 2. The lowest BCUT2D eigenvalue weighted by molar-refractivity contribution is 0.171. The molecule has 0 N–H and O–H groups in total. The third-order valence-corrected chi connectivity index (χ3v) is 4.25. The molecule has 3 aromatic rings. The van der Waals surface area contributed by atoms with Crippen LogP contribution in [0.2, 0.25) is 0 Å². The fourth-order valence-electron chi connectivity index (χ4n) is 2.32. The lowest BCUT2D eigenvalue weighted by Crippen LogP contribution is -2.15. The Kier molecular flexibility index (Phi) is 3.09. The first-order valence-electron chi connectivity index (χ1n) is 6.81. The fourth-order valence-corrected chi connectivity index (χ4v) is 3.15. The Morgan fingerprint density at radius 2 is 1.67 bits per heavy atom. The smallest absolute Gasteiger partial charge is 0.162 e. The van der Waals surface area contributed by atoms with E-state index in [1.807, 2.05) is 36.4 Å². The SMILES string of the molecule is c1ccc(-c2csc(-c3ccc4c(c3)OCCO4)n2)cc1. The lowest BCUT2D eigenvalue weighted by atomic mass is 10.2. The largest absolute Gasteiger partial charge is 0.486 e. The topological polar surface area (TPSA) is 31.4 Å². The zero-order chi connectivity index (χ0) is 14.1. The van der Waals surface area contributed by atoms with E-state index in [9.17, 15) is 0 Å². The Balaban J connectivity index is 1.70. The highest BCUT2D eigenvalue weighted by Gasteiger charge is 2.14. The molecule has 4 rings (SSSR count). The molecule has 0 fully saturated rings. The summed E-state index contributed by atoms with van der Waals surface area (Å²) in [6.07, 6.45) is 0. The summed E-state index contributed by atoms with van der Waals surface area (Å²) in [6.45, 7) is 1.21. The number of hydrogen-bond acceptors (Lipinski definition) is 4. The third-order valence-electron chi connectivity index (χ3n) is 3.36. The van der Waals surface area contributed by atoms with Crippen molar-refractivity contribution >= 4 is 11.3 Å². The van der Waals surface area contributed by atoms with Gasteiger partial charge in [0.25, 0.3) is 0 Å². The van der Waals surface area contributed by atoms with Crippen LogP contribution in [0.15, 0.2) is 53.9 Å². The zero-order valence-corrected chi connectivity index (χ0v) is 12.1. The average Bonchev–Trinajstić information content (AvgIpc) is 3.05. The van der Waals surface area contributed by atoms with E-state index in [0.29, 0.717) is 13.2 Å². The molecule has 1 aliphatic rings. The van der Waals surface area contributed by atoms with Crippen molar-refractivity contribution in [2.24, 2.45) is 0 Å². The van der Waals surface area contributed by atoms with Gasteiger partial charge in [-0.1, -0.05) is 30.3 Å². The molecule has 4 heteroatoms. The molecule has 0 saturated carbocycles. The fraction of sp³-hybridized carbons (Fsp3) is 0.118. The molecular formula is C17H13NO2S. The van der Waals surface area contributed by atoms with E-state index in [-0.39, 0.29) is 0 Å². The van der Waals surface area contributed by atoms with Crippen LogP contribution in [0, 0.1) is 0 Å². The quantitative estimate of drug-likeness (QED) is 0.708. The summed E-state index contributed by atoms with van der Waals surface area (Å²) in [5.41, 5.74) is 3.20. The summed E-state index contributed by atoms with van der Waals surface area (Å²) in [7, 11) is 0. The van der Waals surface area contributed by atoms with Gasteiger partial charge in [-0.05, 0) is 18.2 Å². The molecule has 3 nitrogen and oxygen atoms in total. The van der Waals surface area contributed by atoms with Crippen molar-refractivity contribution in [1.82, 2.24) is 4.98 Å². The number of benzene rings is 2. The van der Waals surface area contributed by atoms with Crippen molar-refractivity contribution in [3.05, 3.63) is 53.9 Å². The number of hydrogen-bond donors (Lipinski definition) is 0. The molecule has 0 saturated heterocycles. The van der Waals surface area contributed by atoms with Gasteiger partial charge in [0, 0.05) is 16.5 Å². The molecule has 2 aromatic carbocycles. The van der Waals surface area contributed by atoms with Crippen LogP contribution in [0.1, 0.15) is 0 Å². The van der Waals surface area contributed by atoms with Crippen LogP contribution < -0.4 is 9.47 Å². The van der Waals surface area contributed by atoms with Gasteiger partial charge in [-0.25, -0.2) is 4.98 Å². The van der Waals surface area contributed by atoms with Crippen molar-refractivity contribution in [2.75, 3.05) is 13.2 Å². The number of fused-ring (bicyclic) bond motifs is 1. The molecule has 2 heterocycles. The highest BCUT2D eigenvalue weighted by atomic mass is 32.1. The van der Waals surface area contributed by atoms with Gasteiger partial charge in [0.05, 0.1) is 5.69 Å². The molecule has 0 unspecified atom stereocenters. The lowest BCUT2D eigenvalue weighted by Gasteiger charge is -2.18. The Bertz CT molecular complexity index is 767. The van der Waals surface area contributed by atoms with Crippen molar-refractivity contribution < 1.29 is 9.47 Å². The number of nitrogens with zero attached hydrogens (tertiary/aromatic N) is 1. The van der Waals surface area contributed by atoms with Gasteiger partial charge in [0.2, 0.25) is 0 Å². The van der Waals surface area contributed by atoms with E-state index in [1.54, 1.807) is 11.3 Å². The van der Waals surface area contributed by atoms with E-state index >= 15 is 0 Å². The van der Waals surface area contributed by atoms with Gasteiger partial charge in [-0.2, -0.15) is 0 Å². The second kappa shape index (κ2) is 5.22. The highest BCUT2D eigenvalue weighted by Crippen LogP contribution is 2.36. The van der Waals surface area contributed by atoms with E-state index in [1.165, 1.54) is 0 Å². The molecule has 0 atom stereocenters. The first-order valence-corrected chi connectivity index (χ1v) is 7.69. The van der Waals surface area contributed by atoms with Crippen molar-refractivity contribution in [1.29, 1.82) is 0 Å². The predicted octanol–water partition coefficient (Wildman–Crippen LogP) is 4.25. The predicted molar refractivity (Wildman–Crippen MR) is 84.0 cm³/mol. The first-order chi connectivity index (χ1) is 10.4. The molecule has 1 aliphatic heterocycles. The molecule has 104 valence electrons. The van der Waals surface area contributed by atoms with Crippen LogP contribution in [-0.4, -0.2) is 18.2 Å². The standard InChI is InChI=1S/C17H13NO2S/c1-2-4-12(5-3-1)14-11-21-17(18-14)13-6-7-15-16(10-13)20-9-8-19-15/h1-7,10-11H,8-9H2. The van der Waals surface area contributed by atoms with Crippen LogP contribution in [0.5, 0.6) is 11.5 Å². The molecular weight excluding hydrogens is 282 g/mol. The second-order valence-electron chi connectivity index (χ2n) is 4.76. The molecule has 1 aromatic heterocycles. The van der Waals surface area contributed by atoms with E-state index < -0.39 is 0 Å². The maximum absolute atomic E-state index is 5.63. The maximum atomic E-state index is 5.63. The molecule has 0 amide bonds. The van der Waals surface area contributed by atoms with E-state index in [0.717, 1.165) is 33.3 Å². The monoisotopic (exact) mass is 295 g/mol. The van der Waals surface area contributed by atoms with Crippen molar-refractivity contribution in [3.8, 4) is 33.3 Å². The zero-order valence-electron chi connectivity index (χ0n) is 11.3. The summed E-state index contributed by atoms with van der Waals surface area (Å²) < 4.78 is 11.2. The minimum absolute atomic E-state index is 0.601. The molecule has 0 radical (unpaired) electrons. The normalized spacial score (nSPS) is 13.1. The molecule has 0 bridgehead atoms. The van der Waals surface area contributed by atoms with E-state index in [2.05, 4.69) is 17.5 Å². The summed E-state index contributed by atoms with van der Waals surface area (Å²) in [6, 6.07) is 16.2. The molecule has 21 heavy (non-hydrogen) atoms. The van der Waals surface area contributed by atoms with Crippen LogP contribution in [0.4, 0.5) is 0 Å². The van der Waals surface area contributed by atoms with E-state index in [4.69, 9.17) is 14.5 Å². The van der Waals surface area contributed by atoms with Crippen LogP contribution in [-0.2, 0) is 0 Å². The van der Waals surface area contributed by atoms with Crippen LogP contribution in [0.3, 0.4) is 0 Å². The summed E-state index contributed by atoms with van der Waals surface area (Å²) in [4.78, 5) is 4.72. The van der Waals surface area contributed by atoms with Gasteiger partial charge in [-0.3, -0.25) is 0 Å². The Hall–Kier alpha value is -2.33. The van der Waals surface area contributed by atoms with Gasteiger partial charge >= 0.3 is 0 Å². The summed E-state index contributed by atoms with van der Waals surface area (Å²) in [5, 5.41) is 3.08. The Morgan fingerprint density at radius 1 is 0.857 bits per heavy atom. The maximum Gasteiger partial charge on any atom is 0.162 e. The van der Waals surface area contributed by atoms with Crippen LogP contribution in [0.25, 0.3) is 21.8 Å². The summed E-state index contributed by atoms with van der Waals surface area (Å²) >= 11 is 1.64. The van der Waals surface area contributed by atoms with Crippen molar-refractivity contribution in [3.63, 3.8) is 0 Å². The molecule has 0 aliphatic carbocycles. The second-order valence-corrected chi connectivity index (χ2v) is 5.62. The van der Waals surface area contributed by atoms with Gasteiger partial charge in [0.15, 0.2) is 11.5 Å². The van der Waals surface area contributed by atoms with Crippen molar-refractivity contribution in [2.45, 2.75) is 0 Å². The highest BCUT2D eigenvalue weighted by molar-refractivity contribution is 7.13. The minimum Gasteiger partial charge on any atom is -0.486 e.